The van der Waals surface area contributed by atoms with Crippen molar-refractivity contribution in [2.45, 2.75) is 12.5 Å². The summed E-state index contributed by atoms with van der Waals surface area (Å²) in [6.07, 6.45) is 1.23. The standard InChI is InChI=1S/C8H13ClN2O/c9-2-8(12)11-4-6-1-7(5-11)10-3-6/h6-7,10H,1-5H2. The van der Waals surface area contributed by atoms with Gasteiger partial charge in [0.15, 0.2) is 0 Å². The summed E-state index contributed by atoms with van der Waals surface area (Å²) in [4.78, 5) is 13.1. The number of hydrogen-bond donors (Lipinski definition) is 1. The van der Waals surface area contributed by atoms with E-state index in [1.54, 1.807) is 0 Å². The zero-order chi connectivity index (χ0) is 8.55. The van der Waals surface area contributed by atoms with Gasteiger partial charge in [-0.15, -0.1) is 11.6 Å². The molecule has 0 aromatic heterocycles. The Kier molecular flexibility index (Phi) is 2.24. The summed E-state index contributed by atoms with van der Waals surface area (Å²) >= 11 is 5.49. The Morgan fingerprint density at radius 1 is 1.58 bits per heavy atom. The summed E-state index contributed by atoms with van der Waals surface area (Å²) < 4.78 is 0. The lowest BCUT2D eigenvalue weighted by molar-refractivity contribution is -0.129. The van der Waals surface area contributed by atoms with E-state index in [1.807, 2.05) is 4.90 Å². The molecule has 4 heteroatoms. The SMILES string of the molecule is O=C(CCl)N1CC2CNC(C2)C1. The van der Waals surface area contributed by atoms with Crippen LogP contribution in [0.25, 0.3) is 0 Å². The van der Waals surface area contributed by atoms with Crippen molar-refractivity contribution in [3.8, 4) is 0 Å². The van der Waals surface area contributed by atoms with Gasteiger partial charge in [-0.05, 0) is 12.3 Å². The molecule has 1 amide bonds. The molecule has 0 aromatic carbocycles. The lowest BCUT2D eigenvalue weighted by Crippen LogP contribution is -2.44. The maximum absolute atomic E-state index is 11.3. The number of alkyl halides is 1. The molecule has 2 aliphatic rings. The number of halogens is 1. The van der Waals surface area contributed by atoms with E-state index < -0.39 is 0 Å². The molecule has 0 aromatic rings. The van der Waals surface area contributed by atoms with E-state index in [0.717, 1.165) is 19.6 Å². The summed E-state index contributed by atoms with van der Waals surface area (Å²) in [5.74, 6) is 0.866. The fraction of sp³-hybridized carbons (Fsp3) is 0.875. The lowest BCUT2D eigenvalue weighted by Gasteiger charge is -2.30. The highest BCUT2D eigenvalue weighted by molar-refractivity contribution is 6.27. The minimum atomic E-state index is 0.0788. The van der Waals surface area contributed by atoms with Crippen LogP contribution in [0.4, 0.5) is 0 Å². The van der Waals surface area contributed by atoms with Crippen molar-refractivity contribution < 1.29 is 4.79 Å². The van der Waals surface area contributed by atoms with Gasteiger partial charge in [-0.2, -0.15) is 0 Å². The molecule has 2 heterocycles. The first-order valence-electron chi connectivity index (χ1n) is 4.36. The second-order valence-corrected chi connectivity index (χ2v) is 3.91. The molecule has 0 spiro atoms. The monoisotopic (exact) mass is 188 g/mol. The molecule has 2 unspecified atom stereocenters. The van der Waals surface area contributed by atoms with Gasteiger partial charge in [0.1, 0.15) is 5.88 Å². The average Bonchev–Trinajstić information content (AvgIpc) is 2.44. The van der Waals surface area contributed by atoms with Crippen LogP contribution in [-0.2, 0) is 4.79 Å². The van der Waals surface area contributed by atoms with Crippen molar-refractivity contribution >= 4 is 17.5 Å². The molecular weight excluding hydrogens is 176 g/mol. The highest BCUT2D eigenvalue weighted by atomic mass is 35.5. The van der Waals surface area contributed by atoms with E-state index in [2.05, 4.69) is 5.32 Å². The summed E-state index contributed by atoms with van der Waals surface area (Å²) in [7, 11) is 0. The molecule has 0 radical (unpaired) electrons. The van der Waals surface area contributed by atoms with Crippen LogP contribution < -0.4 is 5.32 Å². The van der Waals surface area contributed by atoms with E-state index >= 15 is 0 Å². The fourth-order valence-corrected chi connectivity index (χ4v) is 2.29. The molecule has 2 saturated heterocycles. The summed E-state index contributed by atoms with van der Waals surface area (Å²) in [6, 6.07) is 0.524. The second kappa shape index (κ2) is 3.23. The van der Waals surface area contributed by atoms with Gasteiger partial charge in [-0.1, -0.05) is 0 Å². The number of nitrogens with one attached hydrogen (secondary N) is 1. The van der Waals surface area contributed by atoms with Gasteiger partial charge in [0.05, 0.1) is 0 Å². The largest absolute Gasteiger partial charge is 0.340 e. The molecule has 0 saturated carbocycles. The molecule has 0 aliphatic carbocycles. The summed E-state index contributed by atoms with van der Waals surface area (Å²) in [5, 5.41) is 3.39. The Morgan fingerprint density at radius 3 is 3.08 bits per heavy atom. The van der Waals surface area contributed by atoms with Gasteiger partial charge in [-0.25, -0.2) is 0 Å². The highest BCUT2D eigenvalue weighted by Crippen LogP contribution is 2.22. The highest BCUT2D eigenvalue weighted by Gasteiger charge is 2.33. The zero-order valence-corrected chi connectivity index (χ0v) is 7.68. The molecule has 2 bridgehead atoms. The van der Waals surface area contributed by atoms with E-state index in [1.165, 1.54) is 6.42 Å². The van der Waals surface area contributed by atoms with Crippen LogP contribution in [0.2, 0.25) is 0 Å². The number of amides is 1. The Balaban J connectivity index is 1.98. The predicted octanol–water partition coefficient (Wildman–Crippen LogP) is 0.0455. The first-order valence-corrected chi connectivity index (χ1v) is 4.90. The van der Waals surface area contributed by atoms with E-state index in [-0.39, 0.29) is 11.8 Å². The third-order valence-electron chi connectivity index (χ3n) is 2.70. The van der Waals surface area contributed by atoms with Gasteiger partial charge in [-0.3, -0.25) is 4.79 Å². The normalized spacial score (nSPS) is 33.9. The molecule has 2 aliphatic heterocycles. The van der Waals surface area contributed by atoms with E-state index in [9.17, 15) is 4.79 Å². The molecule has 68 valence electrons. The van der Waals surface area contributed by atoms with Crippen LogP contribution in [0, 0.1) is 5.92 Å². The molecule has 2 atom stereocenters. The predicted molar refractivity (Wildman–Crippen MR) is 47.2 cm³/mol. The fourth-order valence-electron chi connectivity index (χ4n) is 2.12. The van der Waals surface area contributed by atoms with Crippen molar-refractivity contribution in [2.24, 2.45) is 5.92 Å². The number of likely N-dealkylation sites (tertiary alicyclic amines) is 1. The lowest BCUT2D eigenvalue weighted by atomic mass is 10.0. The maximum atomic E-state index is 11.3. The molecule has 12 heavy (non-hydrogen) atoms. The van der Waals surface area contributed by atoms with Crippen molar-refractivity contribution in [3.05, 3.63) is 0 Å². The van der Waals surface area contributed by atoms with Crippen LogP contribution >= 0.6 is 11.6 Å². The van der Waals surface area contributed by atoms with Crippen molar-refractivity contribution in [2.75, 3.05) is 25.5 Å². The van der Waals surface area contributed by atoms with Crippen molar-refractivity contribution in [3.63, 3.8) is 0 Å². The molecule has 2 fully saturated rings. The maximum Gasteiger partial charge on any atom is 0.237 e. The van der Waals surface area contributed by atoms with Gasteiger partial charge < -0.3 is 10.2 Å². The minimum absolute atomic E-state index is 0.0788. The molecular formula is C8H13ClN2O. The van der Waals surface area contributed by atoms with E-state index in [4.69, 9.17) is 11.6 Å². The van der Waals surface area contributed by atoms with E-state index in [0.29, 0.717) is 12.0 Å². The van der Waals surface area contributed by atoms with Crippen LogP contribution in [0.15, 0.2) is 0 Å². The Morgan fingerprint density at radius 2 is 2.42 bits per heavy atom. The number of rotatable bonds is 1. The third kappa shape index (κ3) is 1.43. The number of carbonyl (C=O) groups excluding carboxylic acids is 1. The van der Waals surface area contributed by atoms with Crippen LogP contribution in [0.1, 0.15) is 6.42 Å². The zero-order valence-electron chi connectivity index (χ0n) is 6.92. The number of piperidine rings is 1. The quantitative estimate of drug-likeness (QED) is 0.590. The second-order valence-electron chi connectivity index (χ2n) is 3.64. The number of hydrogen-bond acceptors (Lipinski definition) is 2. The topological polar surface area (TPSA) is 32.3 Å². The van der Waals surface area contributed by atoms with Gasteiger partial charge in [0.2, 0.25) is 5.91 Å². The van der Waals surface area contributed by atoms with Gasteiger partial charge in [0, 0.05) is 25.7 Å². The van der Waals surface area contributed by atoms with Crippen LogP contribution in [0.3, 0.4) is 0 Å². The molecule has 2 rings (SSSR count). The number of carbonyl (C=O) groups is 1. The van der Waals surface area contributed by atoms with Crippen molar-refractivity contribution in [1.82, 2.24) is 10.2 Å². The Hall–Kier alpha value is -0.280. The molecule has 3 nitrogen and oxygen atoms in total. The van der Waals surface area contributed by atoms with Crippen molar-refractivity contribution in [1.29, 1.82) is 0 Å². The smallest absolute Gasteiger partial charge is 0.237 e. The van der Waals surface area contributed by atoms with Crippen LogP contribution in [-0.4, -0.2) is 42.4 Å². The summed E-state index contributed by atoms with van der Waals surface area (Å²) in [5.41, 5.74) is 0. The van der Waals surface area contributed by atoms with Crippen LogP contribution in [0.5, 0.6) is 0 Å². The Labute approximate surface area is 77.1 Å². The van der Waals surface area contributed by atoms with Gasteiger partial charge >= 0.3 is 0 Å². The molecule has 1 N–H and O–H groups in total. The first kappa shape index (κ1) is 8.32. The summed E-state index contributed by atoms with van der Waals surface area (Å²) in [6.45, 7) is 2.81. The first-order chi connectivity index (χ1) is 5.79. The third-order valence-corrected chi connectivity index (χ3v) is 2.93. The number of fused-ring (bicyclic) bond motifs is 2. The average molecular weight is 189 g/mol. The van der Waals surface area contributed by atoms with Gasteiger partial charge in [0.25, 0.3) is 0 Å². The number of nitrogens with zero attached hydrogens (tertiary/aromatic N) is 1. The Bertz CT molecular complexity index is 185. The minimum Gasteiger partial charge on any atom is -0.340 e.